The van der Waals surface area contributed by atoms with Gasteiger partial charge in [0.05, 0.1) is 17.5 Å². The molecule has 0 bridgehead atoms. The largest absolute Gasteiger partial charge is 0.272 e. The predicted molar refractivity (Wildman–Crippen MR) is 146 cm³/mol. The number of hydrazone groups is 1. The molecule has 1 aliphatic heterocycles. The molecule has 4 heterocycles. The molecular weight excluding hydrogens is 569 g/mol. The Bertz CT molecular complexity index is 1640. The van der Waals surface area contributed by atoms with Crippen LogP contribution >= 0.6 is 27.7 Å². The summed E-state index contributed by atoms with van der Waals surface area (Å²) in [5.74, 6) is 0.143. The van der Waals surface area contributed by atoms with Crippen molar-refractivity contribution in [1.29, 1.82) is 0 Å². The summed E-state index contributed by atoms with van der Waals surface area (Å²) < 4.78 is 16.2. The lowest BCUT2D eigenvalue weighted by Crippen LogP contribution is -2.28. The van der Waals surface area contributed by atoms with Gasteiger partial charge in [-0.25, -0.2) is 9.40 Å². The van der Waals surface area contributed by atoms with Crippen LogP contribution in [-0.2, 0) is 4.79 Å². The third-order valence-electron chi connectivity index (χ3n) is 6.07. The second kappa shape index (κ2) is 10.4. The maximum atomic E-state index is 13.6. The van der Waals surface area contributed by atoms with Crippen molar-refractivity contribution in [1.82, 2.24) is 29.8 Å². The molecule has 1 amide bonds. The lowest BCUT2D eigenvalue weighted by atomic mass is 9.98. The van der Waals surface area contributed by atoms with Crippen LogP contribution in [0.2, 0.25) is 0 Å². The van der Waals surface area contributed by atoms with E-state index in [-0.39, 0.29) is 23.5 Å². The molecule has 8 nitrogen and oxygen atoms in total. The molecule has 188 valence electrons. The van der Waals surface area contributed by atoms with Gasteiger partial charge in [0, 0.05) is 17.1 Å². The normalized spacial score (nSPS) is 15.2. The van der Waals surface area contributed by atoms with E-state index in [1.165, 1.54) is 28.9 Å². The van der Waals surface area contributed by atoms with Crippen LogP contribution in [0.5, 0.6) is 0 Å². The van der Waals surface area contributed by atoms with E-state index in [2.05, 4.69) is 36.2 Å². The molecule has 11 heteroatoms. The van der Waals surface area contributed by atoms with E-state index in [0.717, 1.165) is 21.3 Å². The van der Waals surface area contributed by atoms with Crippen molar-refractivity contribution in [3.63, 3.8) is 0 Å². The number of hydrogen-bond acceptors (Lipinski definition) is 7. The van der Waals surface area contributed by atoms with Crippen molar-refractivity contribution in [3.8, 4) is 11.5 Å². The predicted octanol–water partition coefficient (Wildman–Crippen LogP) is 5.56. The van der Waals surface area contributed by atoms with E-state index in [1.54, 1.807) is 28.9 Å². The molecule has 5 aromatic rings. The third-order valence-corrected chi connectivity index (χ3v) is 7.51. The zero-order valence-electron chi connectivity index (χ0n) is 19.8. The van der Waals surface area contributed by atoms with Gasteiger partial charge in [-0.3, -0.25) is 9.78 Å². The van der Waals surface area contributed by atoms with Gasteiger partial charge in [-0.1, -0.05) is 58.0 Å². The zero-order valence-corrected chi connectivity index (χ0v) is 22.2. The number of hydrogen-bond donors (Lipinski definition) is 0. The van der Waals surface area contributed by atoms with Gasteiger partial charge in [-0.2, -0.15) is 14.7 Å². The zero-order chi connectivity index (χ0) is 26.1. The van der Waals surface area contributed by atoms with Gasteiger partial charge >= 0.3 is 0 Å². The third kappa shape index (κ3) is 4.94. The highest BCUT2D eigenvalue weighted by atomic mass is 79.9. The molecule has 1 unspecified atom stereocenters. The summed E-state index contributed by atoms with van der Waals surface area (Å²) in [6.07, 6.45) is 2.21. The molecule has 3 aromatic heterocycles. The number of carbonyl (C=O) groups is 1. The fourth-order valence-corrected chi connectivity index (χ4v) is 5.18. The van der Waals surface area contributed by atoms with E-state index in [9.17, 15) is 9.18 Å². The van der Waals surface area contributed by atoms with E-state index < -0.39 is 0 Å². The number of amides is 1. The monoisotopic (exact) mass is 587 g/mol. The second-order valence-corrected chi connectivity index (χ2v) is 10.4. The summed E-state index contributed by atoms with van der Waals surface area (Å²) in [4.78, 5) is 17.8. The number of carbonyl (C=O) groups excluding carboxylic acids is 1. The summed E-state index contributed by atoms with van der Waals surface area (Å²) in [6, 6.07) is 22.8. The standard InChI is InChI=1S/C27H19BrFN7OS/c28-19-8-4-17(5-9-19)22-15-23(18-6-10-20(29)11-7-18)35(33-22)26(37)16-38-25-13-12-24-31-32-27(36(24)34-25)21-3-1-2-14-30-21/h1-14,23H,15-16H2. The topological polar surface area (TPSA) is 88.6 Å². The Labute approximate surface area is 229 Å². The average Bonchev–Trinajstić information content (AvgIpc) is 3.58. The molecule has 1 atom stereocenters. The van der Waals surface area contributed by atoms with Gasteiger partial charge in [0.1, 0.15) is 16.5 Å². The van der Waals surface area contributed by atoms with Gasteiger partial charge in [0.15, 0.2) is 5.65 Å². The van der Waals surface area contributed by atoms with Gasteiger partial charge in [0.25, 0.3) is 5.91 Å². The highest BCUT2D eigenvalue weighted by Crippen LogP contribution is 2.34. The first-order valence-corrected chi connectivity index (χ1v) is 13.5. The first kappa shape index (κ1) is 24.4. The van der Waals surface area contributed by atoms with Crippen LogP contribution in [0.25, 0.3) is 17.2 Å². The van der Waals surface area contributed by atoms with Gasteiger partial charge < -0.3 is 0 Å². The minimum atomic E-state index is -0.327. The van der Waals surface area contributed by atoms with Crippen molar-refractivity contribution in [2.24, 2.45) is 5.10 Å². The Morgan fingerprint density at radius 1 is 1.00 bits per heavy atom. The molecular formula is C27H19BrFN7OS. The summed E-state index contributed by atoms with van der Waals surface area (Å²) in [6.45, 7) is 0. The number of thioether (sulfide) groups is 1. The van der Waals surface area contributed by atoms with Crippen molar-refractivity contribution >= 4 is 45.0 Å². The highest BCUT2D eigenvalue weighted by Gasteiger charge is 2.33. The van der Waals surface area contributed by atoms with Crippen LogP contribution in [0.4, 0.5) is 4.39 Å². The average molecular weight is 588 g/mol. The van der Waals surface area contributed by atoms with Gasteiger partial charge in [0.2, 0.25) is 5.82 Å². The van der Waals surface area contributed by atoms with Gasteiger partial charge in [-0.05, 0) is 59.7 Å². The Balaban J connectivity index is 1.25. The van der Waals surface area contributed by atoms with Crippen molar-refractivity contribution in [2.45, 2.75) is 17.5 Å². The first-order valence-electron chi connectivity index (χ1n) is 11.7. The molecule has 1 aliphatic rings. The van der Waals surface area contributed by atoms with Crippen molar-refractivity contribution in [2.75, 3.05) is 5.75 Å². The van der Waals surface area contributed by atoms with Crippen LogP contribution < -0.4 is 0 Å². The molecule has 0 N–H and O–H groups in total. The van der Waals surface area contributed by atoms with Crippen LogP contribution in [0.3, 0.4) is 0 Å². The quantitative estimate of drug-likeness (QED) is 0.242. The lowest BCUT2D eigenvalue weighted by Gasteiger charge is -2.22. The first-order chi connectivity index (χ1) is 18.5. The van der Waals surface area contributed by atoms with Crippen molar-refractivity contribution < 1.29 is 9.18 Å². The summed E-state index contributed by atoms with van der Waals surface area (Å²) in [5, 5.41) is 19.9. The van der Waals surface area contributed by atoms with E-state index in [4.69, 9.17) is 5.10 Å². The summed E-state index contributed by atoms with van der Waals surface area (Å²) in [5.41, 5.74) is 3.80. The number of rotatable bonds is 6. The molecule has 0 aliphatic carbocycles. The van der Waals surface area contributed by atoms with E-state index >= 15 is 0 Å². The Kier molecular flexibility index (Phi) is 6.69. The summed E-state index contributed by atoms with van der Waals surface area (Å²) >= 11 is 4.76. The number of fused-ring (bicyclic) bond motifs is 1. The number of pyridine rings is 1. The number of nitrogens with zero attached hydrogens (tertiary/aromatic N) is 7. The molecule has 2 aromatic carbocycles. The highest BCUT2D eigenvalue weighted by molar-refractivity contribution is 9.10. The van der Waals surface area contributed by atoms with Crippen molar-refractivity contribution in [3.05, 3.63) is 106 Å². The maximum Gasteiger partial charge on any atom is 0.253 e. The lowest BCUT2D eigenvalue weighted by molar-refractivity contribution is -0.130. The van der Waals surface area contributed by atoms with Crippen LogP contribution in [0.1, 0.15) is 23.6 Å². The Hall–Kier alpha value is -3.96. The van der Waals surface area contributed by atoms with Crippen LogP contribution in [0.15, 0.2) is 99.7 Å². The molecule has 38 heavy (non-hydrogen) atoms. The molecule has 0 radical (unpaired) electrons. The molecule has 0 saturated heterocycles. The SMILES string of the molecule is O=C(CSc1ccc2nnc(-c3ccccn3)n2n1)N1N=C(c2ccc(Br)cc2)CC1c1ccc(F)cc1. The number of benzene rings is 2. The summed E-state index contributed by atoms with van der Waals surface area (Å²) in [7, 11) is 0. The molecule has 0 fully saturated rings. The van der Waals surface area contributed by atoms with E-state index in [0.29, 0.717) is 28.6 Å². The second-order valence-electron chi connectivity index (χ2n) is 8.53. The van der Waals surface area contributed by atoms with Crippen LogP contribution in [0, 0.1) is 5.82 Å². The maximum absolute atomic E-state index is 13.6. The fraction of sp³-hybridized carbons (Fsp3) is 0.111. The molecule has 6 rings (SSSR count). The molecule has 0 saturated carbocycles. The Morgan fingerprint density at radius 3 is 2.58 bits per heavy atom. The number of aromatic nitrogens is 5. The molecule has 0 spiro atoms. The minimum absolute atomic E-state index is 0.119. The smallest absolute Gasteiger partial charge is 0.253 e. The minimum Gasteiger partial charge on any atom is -0.272 e. The number of halogens is 2. The fourth-order valence-electron chi connectivity index (χ4n) is 4.21. The Morgan fingerprint density at radius 2 is 1.82 bits per heavy atom. The van der Waals surface area contributed by atoms with E-state index in [1.807, 2.05) is 48.5 Å². The van der Waals surface area contributed by atoms with Gasteiger partial charge in [-0.15, -0.1) is 10.2 Å². The van der Waals surface area contributed by atoms with Crippen LogP contribution in [-0.4, -0.2) is 47.2 Å².